The lowest BCUT2D eigenvalue weighted by Gasteiger charge is -1.67. The van der Waals surface area contributed by atoms with Crippen LogP contribution >= 0.6 is 0 Å². The second-order valence-electron chi connectivity index (χ2n) is 0.577. The van der Waals surface area contributed by atoms with Gasteiger partial charge in [-0.25, -0.2) is 0 Å². The maximum Gasteiger partial charge on any atom is 0.0653 e. The molecule has 0 N–H and O–H groups in total. The van der Waals surface area contributed by atoms with Crippen molar-refractivity contribution in [2.45, 2.75) is 12.7 Å². The molecule has 0 saturated carbocycles. The second kappa shape index (κ2) is 3.06. The first-order valence-electron chi connectivity index (χ1n) is 1.32. The largest absolute Gasteiger partial charge is 0.0884 e. The highest BCUT2D eigenvalue weighted by Gasteiger charge is 1.57. The Morgan fingerprint density at radius 3 is 2.00 bits per heavy atom. The Labute approximate surface area is 28.6 Å². The van der Waals surface area contributed by atoms with Crippen LogP contribution in [-0.2, 0) is 0 Å². The van der Waals surface area contributed by atoms with Gasteiger partial charge in [0.1, 0.15) is 0 Å². The topological polar surface area (TPSA) is 0 Å². The molecule has 0 amide bonds. The van der Waals surface area contributed by atoms with Gasteiger partial charge in [0.15, 0.2) is 0 Å². The molecular weight excluding hydrogens is 46.8 g/mol. The maximum absolute atomic E-state index is 4.90. The van der Waals surface area contributed by atoms with Crippen LogP contribution in [0.25, 0.3) is 0 Å². The lowest BCUT2D eigenvalue weighted by Crippen LogP contribution is -1.55. The third-order valence-corrected chi connectivity index (χ3v) is 0.167. The smallest absolute Gasteiger partial charge is 0.0653 e. The minimum atomic E-state index is 0.597. The van der Waals surface area contributed by atoms with Gasteiger partial charge in [0.25, 0.3) is 0 Å². The third-order valence-electron chi connectivity index (χ3n) is 0.167. The van der Waals surface area contributed by atoms with Gasteiger partial charge < -0.3 is 0 Å². The minimum Gasteiger partial charge on any atom is -0.0884 e. The second-order valence-corrected chi connectivity index (χ2v) is 0.577. The Balaban J connectivity index is 1.97. The molecule has 4 heavy (non-hydrogen) atoms. The predicted molar refractivity (Wildman–Crippen MR) is 19.5 cm³/mol. The Kier molecular flexibility index (Phi) is 3.11. The van der Waals surface area contributed by atoms with E-state index in [2.05, 4.69) is 0 Å². The monoisotopic (exact) mass is 52.0 g/mol. The lowest BCUT2D eigenvalue weighted by molar-refractivity contribution is 1.22. The summed E-state index contributed by atoms with van der Waals surface area (Å²) in [6.07, 6.45) is 1.19. The van der Waals surface area contributed by atoms with E-state index in [-0.39, 0.29) is 0 Å². The first-order chi connectivity index (χ1) is 1.91. The molecule has 0 rings (SSSR count). The average molecular weight is 51.9 g/mol. The zero-order chi connectivity index (χ0) is 3.41. The number of hydrogen-bond donors (Lipinski definition) is 0. The summed E-state index contributed by atoms with van der Waals surface area (Å²) in [4.78, 5) is 0. The molecule has 0 heterocycles. The first-order valence-corrected chi connectivity index (χ1v) is 1.32. The van der Waals surface area contributed by atoms with E-state index in [4.69, 9.17) is 14.8 Å². The fourth-order valence-electron chi connectivity index (χ4n) is 0. The van der Waals surface area contributed by atoms with Gasteiger partial charge in [-0.3, -0.25) is 0 Å². The van der Waals surface area contributed by atoms with E-state index in [0.717, 1.165) is 0 Å². The van der Waals surface area contributed by atoms with Crippen molar-refractivity contribution in [2.75, 3.05) is 0 Å². The van der Waals surface area contributed by atoms with Gasteiger partial charge in [0, 0.05) is 0 Å². The molecule has 0 bridgehead atoms. The Morgan fingerprint density at radius 2 is 2.00 bits per heavy atom. The van der Waals surface area contributed by atoms with Crippen LogP contribution in [0.3, 0.4) is 0 Å². The minimum absolute atomic E-state index is 0.597. The van der Waals surface area contributed by atoms with Gasteiger partial charge in [-0.15, -0.1) is 0 Å². The van der Waals surface area contributed by atoms with Crippen LogP contribution < -0.4 is 0 Å². The van der Waals surface area contributed by atoms with Crippen LogP contribution in [0.1, 0.15) is 6.42 Å². The van der Waals surface area contributed by atoms with E-state index in [9.17, 15) is 0 Å². The summed E-state index contributed by atoms with van der Waals surface area (Å²) in [5, 5.41) is 0. The molecule has 0 fully saturated rings. The van der Waals surface area contributed by atoms with Crippen molar-refractivity contribution < 1.29 is 0 Å². The molecule has 20 valence electrons. The fraction of sp³-hybridized carbons (Fsp3) is 0.667. The average Bonchev–Trinajstić information content (AvgIpc) is 1.37. The van der Waals surface area contributed by atoms with Gasteiger partial charge in [0.2, 0.25) is 0 Å². The van der Waals surface area contributed by atoms with E-state index in [1.54, 1.807) is 0 Å². The van der Waals surface area contributed by atoms with E-state index in [0.29, 0.717) is 12.7 Å². The highest BCUT2D eigenvalue weighted by molar-refractivity contribution is 6.08. The summed E-state index contributed by atoms with van der Waals surface area (Å²) < 4.78 is 0. The normalized spacial score (nSPS) is 7.25. The zero-order valence-electron chi connectivity index (χ0n) is 2.57. The Morgan fingerprint density at radius 1 is 1.75 bits per heavy atom. The Hall–Kier alpha value is 0.0649. The van der Waals surface area contributed by atoms with Gasteiger partial charge in [-0.2, -0.15) is 0 Å². The quantitative estimate of drug-likeness (QED) is 0.384. The molecule has 0 aromatic heterocycles. The van der Waals surface area contributed by atoms with Crippen molar-refractivity contribution in [2.24, 2.45) is 0 Å². The van der Waals surface area contributed by atoms with Gasteiger partial charge in [0.05, 0.1) is 7.85 Å². The summed E-state index contributed by atoms with van der Waals surface area (Å²) in [5.41, 5.74) is 0. The van der Waals surface area contributed by atoms with Crippen molar-refractivity contribution in [3.8, 4) is 0 Å². The Bertz CT molecular complexity index is 5.25. The molecule has 0 spiro atoms. The summed E-state index contributed by atoms with van der Waals surface area (Å²) in [5.74, 6) is 0. The van der Waals surface area contributed by atoms with E-state index < -0.39 is 0 Å². The summed E-state index contributed by atoms with van der Waals surface area (Å²) in [7, 11) is 4.90. The lowest BCUT2D eigenvalue weighted by atomic mass is 10.0. The van der Waals surface area contributed by atoms with E-state index in [1.165, 1.54) is 0 Å². The van der Waals surface area contributed by atoms with Crippen molar-refractivity contribution in [1.82, 2.24) is 0 Å². The highest BCUT2D eigenvalue weighted by atomic mass is 13.5. The number of hydrogen-bond acceptors (Lipinski definition) is 0. The van der Waals surface area contributed by atoms with Crippen molar-refractivity contribution in [1.29, 1.82) is 0 Å². The molecule has 0 aliphatic rings. The molecule has 0 unspecified atom stereocenters. The van der Waals surface area contributed by atoms with Gasteiger partial charge in [-0.05, 0) is 6.92 Å². The molecule has 1 heteroatoms. The molecule has 0 aliphatic carbocycles. The standard InChI is InChI=1S/C3H5B/c1-2-3-4/h1H,2-3H2. The van der Waals surface area contributed by atoms with Crippen LogP contribution in [-0.4, -0.2) is 7.85 Å². The van der Waals surface area contributed by atoms with E-state index in [1.807, 2.05) is 0 Å². The predicted octanol–water partition coefficient (Wildman–Crippen LogP) is 0.674. The first kappa shape index (κ1) is 4.06. The van der Waals surface area contributed by atoms with Gasteiger partial charge >= 0.3 is 0 Å². The molecular formula is C3H5B. The van der Waals surface area contributed by atoms with Gasteiger partial charge in [-0.1, -0.05) is 12.7 Å². The molecule has 0 saturated heterocycles. The zero-order valence-corrected chi connectivity index (χ0v) is 2.57. The van der Waals surface area contributed by atoms with Crippen LogP contribution in [0.4, 0.5) is 0 Å². The molecule has 0 aromatic carbocycles. The molecule has 0 atom stereocenters. The highest BCUT2D eigenvalue weighted by Crippen LogP contribution is 1.72. The summed E-state index contributed by atoms with van der Waals surface area (Å²) in [6.45, 7) is 4.90. The van der Waals surface area contributed by atoms with Crippen LogP contribution in [0.15, 0.2) is 0 Å². The molecule has 0 nitrogen and oxygen atoms in total. The van der Waals surface area contributed by atoms with E-state index >= 15 is 0 Å². The SMILES string of the molecule is [B]CC[CH]. The van der Waals surface area contributed by atoms with Crippen molar-refractivity contribution in [3.63, 3.8) is 0 Å². The summed E-state index contributed by atoms with van der Waals surface area (Å²) >= 11 is 0. The molecule has 0 aromatic rings. The van der Waals surface area contributed by atoms with Crippen molar-refractivity contribution >= 4 is 7.85 Å². The van der Waals surface area contributed by atoms with Crippen LogP contribution in [0.2, 0.25) is 6.32 Å². The molecule has 4 radical (unpaired) electrons. The molecule has 0 aliphatic heterocycles. The number of rotatable bonds is 1. The van der Waals surface area contributed by atoms with Crippen LogP contribution in [0.5, 0.6) is 0 Å². The summed E-state index contributed by atoms with van der Waals surface area (Å²) in [6, 6.07) is 0. The fourth-order valence-corrected chi connectivity index (χ4v) is 0. The van der Waals surface area contributed by atoms with Crippen molar-refractivity contribution in [3.05, 3.63) is 6.92 Å². The maximum atomic E-state index is 4.90. The van der Waals surface area contributed by atoms with Crippen LogP contribution in [0, 0.1) is 6.92 Å². The third kappa shape index (κ3) is 2.06.